The molecule has 0 unspecified atom stereocenters. The van der Waals surface area contributed by atoms with E-state index < -0.39 is 5.91 Å². The molecule has 0 spiro atoms. The van der Waals surface area contributed by atoms with Crippen LogP contribution in [0.1, 0.15) is 27.9 Å². The van der Waals surface area contributed by atoms with Crippen molar-refractivity contribution in [3.05, 3.63) is 76.1 Å². The monoisotopic (exact) mass is 477 g/mol. The summed E-state index contributed by atoms with van der Waals surface area (Å²) in [7, 11) is 0. The SMILES string of the molecule is CCOc1ccc(-c2nc(CC(=O)Nc3sc(C)c(-c4ccccc4)c3C(N)=O)cs2)cc1. The zero-order valence-corrected chi connectivity index (χ0v) is 19.9. The smallest absolute Gasteiger partial charge is 0.252 e. The van der Waals surface area contributed by atoms with E-state index in [2.05, 4.69) is 10.3 Å². The number of primary amides is 1. The van der Waals surface area contributed by atoms with Gasteiger partial charge >= 0.3 is 0 Å². The highest BCUT2D eigenvalue weighted by atomic mass is 32.1. The summed E-state index contributed by atoms with van der Waals surface area (Å²) in [6.45, 7) is 4.47. The first-order valence-corrected chi connectivity index (χ1v) is 12.1. The van der Waals surface area contributed by atoms with E-state index in [0.717, 1.165) is 32.3 Å². The normalized spacial score (nSPS) is 10.7. The fraction of sp³-hybridized carbons (Fsp3) is 0.160. The first-order chi connectivity index (χ1) is 16.0. The second-order valence-electron chi connectivity index (χ2n) is 7.29. The highest BCUT2D eigenvalue weighted by Gasteiger charge is 2.23. The number of thiophene rings is 1. The van der Waals surface area contributed by atoms with Gasteiger partial charge in [-0.1, -0.05) is 30.3 Å². The van der Waals surface area contributed by atoms with Crippen molar-refractivity contribution >= 4 is 39.5 Å². The number of nitrogens with two attached hydrogens (primary N) is 1. The van der Waals surface area contributed by atoms with Crippen molar-refractivity contribution in [3.63, 3.8) is 0 Å². The van der Waals surface area contributed by atoms with Crippen LogP contribution in [-0.2, 0) is 11.2 Å². The molecule has 2 aromatic heterocycles. The minimum Gasteiger partial charge on any atom is -0.494 e. The van der Waals surface area contributed by atoms with Gasteiger partial charge in [0.1, 0.15) is 15.8 Å². The number of thiazole rings is 1. The summed E-state index contributed by atoms with van der Waals surface area (Å²) >= 11 is 2.83. The molecule has 4 aromatic rings. The van der Waals surface area contributed by atoms with E-state index in [1.165, 1.54) is 22.7 Å². The van der Waals surface area contributed by atoms with Crippen LogP contribution in [0.4, 0.5) is 5.00 Å². The minimum atomic E-state index is -0.569. The molecule has 0 radical (unpaired) electrons. The first kappa shape index (κ1) is 22.7. The standard InChI is InChI=1S/C25H23N3O3S2/c1-3-31-19-11-9-17(10-12-19)24-27-18(14-32-24)13-20(29)28-25-22(23(26)30)21(15(2)33-25)16-7-5-4-6-8-16/h4-12,14H,3,13H2,1-2H3,(H2,26,30)(H,28,29). The third-order valence-electron chi connectivity index (χ3n) is 4.95. The lowest BCUT2D eigenvalue weighted by atomic mass is 10.0. The Kier molecular flexibility index (Phi) is 6.86. The number of ether oxygens (including phenoxy) is 1. The van der Waals surface area contributed by atoms with Gasteiger partial charge in [0.25, 0.3) is 5.91 Å². The van der Waals surface area contributed by atoms with E-state index in [9.17, 15) is 9.59 Å². The molecule has 0 aliphatic rings. The number of hydrogen-bond acceptors (Lipinski definition) is 6. The average molecular weight is 478 g/mol. The van der Waals surface area contributed by atoms with Gasteiger partial charge in [0, 0.05) is 21.4 Å². The van der Waals surface area contributed by atoms with Crippen LogP contribution < -0.4 is 15.8 Å². The maximum absolute atomic E-state index is 12.8. The van der Waals surface area contributed by atoms with E-state index in [1.54, 1.807) is 0 Å². The van der Waals surface area contributed by atoms with Crippen molar-refractivity contribution < 1.29 is 14.3 Å². The van der Waals surface area contributed by atoms with Crippen LogP contribution in [0.15, 0.2) is 60.0 Å². The molecule has 0 fully saturated rings. The van der Waals surface area contributed by atoms with Gasteiger partial charge in [-0.2, -0.15) is 0 Å². The Bertz CT molecular complexity index is 1280. The number of carbonyl (C=O) groups is 2. The third kappa shape index (κ3) is 5.13. The molecule has 0 aliphatic carbocycles. The van der Waals surface area contributed by atoms with Gasteiger partial charge in [0.05, 0.1) is 24.3 Å². The van der Waals surface area contributed by atoms with E-state index >= 15 is 0 Å². The number of amides is 2. The summed E-state index contributed by atoms with van der Waals surface area (Å²) in [6, 6.07) is 17.3. The highest BCUT2D eigenvalue weighted by molar-refractivity contribution is 7.17. The van der Waals surface area contributed by atoms with Crippen molar-refractivity contribution in [2.24, 2.45) is 5.73 Å². The first-order valence-electron chi connectivity index (χ1n) is 10.4. The average Bonchev–Trinajstić information content (AvgIpc) is 3.39. The Balaban J connectivity index is 1.50. The maximum atomic E-state index is 12.8. The second-order valence-corrected chi connectivity index (χ2v) is 9.38. The Morgan fingerprint density at radius 2 is 1.79 bits per heavy atom. The van der Waals surface area contributed by atoms with Gasteiger partial charge in [-0.05, 0) is 43.7 Å². The molecule has 168 valence electrons. The van der Waals surface area contributed by atoms with Gasteiger partial charge < -0.3 is 15.8 Å². The quantitative estimate of drug-likeness (QED) is 0.349. The van der Waals surface area contributed by atoms with Gasteiger partial charge in [-0.15, -0.1) is 22.7 Å². The van der Waals surface area contributed by atoms with Crippen LogP contribution >= 0.6 is 22.7 Å². The van der Waals surface area contributed by atoms with Crippen LogP contribution in [0.25, 0.3) is 21.7 Å². The van der Waals surface area contributed by atoms with Crippen LogP contribution in [-0.4, -0.2) is 23.4 Å². The molecular formula is C25H23N3O3S2. The molecular weight excluding hydrogens is 454 g/mol. The number of nitrogens with zero attached hydrogens (tertiary/aromatic N) is 1. The zero-order chi connectivity index (χ0) is 23.4. The molecule has 4 rings (SSSR count). The lowest BCUT2D eigenvalue weighted by Gasteiger charge is -2.06. The predicted molar refractivity (Wildman–Crippen MR) is 134 cm³/mol. The molecule has 0 saturated heterocycles. The fourth-order valence-corrected chi connectivity index (χ4v) is 5.46. The molecule has 0 aliphatic heterocycles. The number of rotatable bonds is 8. The molecule has 3 N–H and O–H groups in total. The van der Waals surface area contributed by atoms with E-state index in [1.807, 2.05) is 73.8 Å². The Hall–Kier alpha value is -3.49. The Morgan fingerprint density at radius 1 is 1.06 bits per heavy atom. The fourth-order valence-electron chi connectivity index (χ4n) is 3.54. The van der Waals surface area contributed by atoms with Crippen LogP contribution in [0, 0.1) is 6.92 Å². The Labute approximate surface area is 200 Å². The number of benzene rings is 2. The van der Waals surface area contributed by atoms with Gasteiger partial charge in [-0.25, -0.2) is 4.98 Å². The molecule has 2 amide bonds. The number of hydrogen-bond donors (Lipinski definition) is 2. The van der Waals surface area contributed by atoms with E-state index in [-0.39, 0.29) is 12.3 Å². The predicted octanol–water partition coefficient (Wildman–Crippen LogP) is 5.53. The van der Waals surface area contributed by atoms with Crippen molar-refractivity contribution in [2.45, 2.75) is 20.3 Å². The molecule has 33 heavy (non-hydrogen) atoms. The number of nitrogens with one attached hydrogen (secondary N) is 1. The van der Waals surface area contributed by atoms with Gasteiger partial charge in [0.2, 0.25) is 5.91 Å². The summed E-state index contributed by atoms with van der Waals surface area (Å²) in [5, 5.41) is 6.03. The second kappa shape index (κ2) is 9.97. The zero-order valence-electron chi connectivity index (χ0n) is 18.3. The Morgan fingerprint density at radius 3 is 2.45 bits per heavy atom. The van der Waals surface area contributed by atoms with Crippen LogP contribution in [0.5, 0.6) is 5.75 Å². The van der Waals surface area contributed by atoms with Crippen molar-refractivity contribution in [3.8, 4) is 27.4 Å². The van der Waals surface area contributed by atoms with E-state index in [0.29, 0.717) is 22.9 Å². The van der Waals surface area contributed by atoms with Crippen LogP contribution in [0.2, 0.25) is 0 Å². The minimum absolute atomic E-state index is 0.101. The molecule has 8 heteroatoms. The summed E-state index contributed by atoms with van der Waals surface area (Å²) in [5.74, 6) is -0.00868. The van der Waals surface area contributed by atoms with Crippen molar-refractivity contribution in [2.75, 3.05) is 11.9 Å². The topological polar surface area (TPSA) is 94.3 Å². The largest absolute Gasteiger partial charge is 0.494 e. The summed E-state index contributed by atoms with van der Waals surface area (Å²) < 4.78 is 5.47. The lowest BCUT2D eigenvalue weighted by molar-refractivity contribution is -0.115. The summed E-state index contributed by atoms with van der Waals surface area (Å²) in [5.41, 5.74) is 9.31. The van der Waals surface area contributed by atoms with E-state index in [4.69, 9.17) is 10.5 Å². The maximum Gasteiger partial charge on any atom is 0.252 e. The molecule has 6 nitrogen and oxygen atoms in total. The third-order valence-corrected chi connectivity index (χ3v) is 6.91. The summed E-state index contributed by atoms with van der Waals surface area (Å²) in [6.07, 6.45) is 0.101. The van der Waals surface area contributed by atoms with Crippen molar-refractivity contribution in [1.82, 2.24) is 4.98 Å². The molecule has 0 bridgehead atoms. The lowest BCUT2D eigenvalue weighted by Crippen LogP contribution is -2.18. The molecule has 0 atom stereocenters. The molecule has 2 heterocycles. The van der Waals surface area contributed by atoms with Gasteiger partial charge in [-0.3, -0.25) is 9.59 Å². The van der Waals surface area contributed by atoms with Crippen molar-refractivity contribution in [1.29, 1.82) is 0 Å². The number of anilines is 1. The van der Waals surface area contributed by atoms with Gasteiger partial charge in [0.15, 0.2) is 0 Å². The number of carbonyl (C=O) groups excluding carboxylic acids is 2. The van der Waals surface area contributed by atoms with Crippen LogP contribution in [0.3, 0.4) is 0 Å². The summed E-state index contributed by atoms with van der Waals surface area (Å²) in [4.78, 5) is 30.5. The highest BCUT2D eigenvalue weighted by Crippen LogP contribution is 2.39. The number of aromatic nitrogens is 1. The molecule has 0 saturated carbocycles. The molecule has 2 aromatic carbocycles. The number of aryl methyl sites for hydroxylation is 1.